The van der Waals surface area contributed by atoms with Crippen LogP contribution in [0.25, 0.3) is 0 Å². The molecule has 0 bridgehead atoms. The Morgan fingerprint density at radius 1 is 1.16 bits per heavy atom. The number of halogens is 1. The minimum Gasteiger partial charge on any atom is -0.493 e. The monoisotopic (exact) mass is 276 g/mol. The molecule has 0 aromatic heterocycles. The normalized spacial score (nSPS) is 12.2. The first-order valence-electron chi connectivity index (χ1n) is 6.25. The number of hydrogen-bond donors (Lipinski definition) is 1. The van der Waals surface area contributed by atoms with Crippen molar-refractivity contribution in [2.45, 2.75) is 12.8 Å². The predicted octanol–water partition coefficient (Wildman–Crippen LogP) is 4.23. The molecule has 1 atom stereocenters. The van der Waals surface area contributed by atoms with E-state index < -0.39 is 0 Å². The van der Waals surface area contributed by atoms with Crippen molar-refractivity contribution in [2.75, 3.05) is 12.4 Å². The molecular weight excluding hydrogens is 259 g/mol. The van der Waals surface area contributed by atoms with Gasteiger partial charge in [-0.3, -0.25) is 0 Å². The molecule has 0 spiro atoms. The van der Waals surface area contributed by atoms with E-state index in [1.807, 2.05) is 18.2 Å². The highest BCUT2D eigenvalue weighted by Gasteiger charge is 2.10. The largest absolute Gasteiger partial charge is 0.493 e. The maximum Gasteiger partial charge on any atom is 0.129 e. The van der Waals surface area contributed by atoms with Gasteiger partial charge >= 0.3 is 0 Å². The summed E-state index contributed by atoms with van der Waals surface area (Å²) in [6, 6.07) is 15.0. The van der Waals surface area contributed by atoms with Crippen LogP contribution >= 0.6 is 12.6 Å². The van der Waals surface area contributed by atoms with Crippen molar-refractivity contribution in [3.8, 4) is 5.75 Å². The van der Waals surface area contributed by atoms with Crippen LogP contribution in [0.4, 0.5) is 4.39 Å². The summed E-state index contributed by atoms with van der Waals surface area (Å²) in [5.74, 6) is 1.22. The van der Waals surface area contributed by atoms with E-state index in [1.165, 1.54) is 11.6 Å². The summed E-state index contributed by atoms with van der Waals surface area (Å²) in [5, 5.41) is 0. The molecule has 0 heterocycles. The average molecular weight is 276 g/mol. The Hall–Kier alpha value is -1.48. The van der Waals surface area contributed by atoms with E-state index in [-0.39, 0.29) is 11.7 Å². The van der Waals surface area contributed by atoms with Crippen LogP contribution in [0.3, 0.4) is 0 Å². The third-order valence-corrected chi connectivity index (χ3v) is 3.53. The van der Waals surface area contributed by atoms with Gasteiger partial charge in [0.2, 0.25) is 0 Å². The Morgan fingerprint density at radius 3 is 2.53 bits per heavy atom. The molecule has 0 radical (unpaired) electrons. The van der Waals surface area contributed by atoms with Gasteiger partial charge < -0.3 is 4.74 Å². The molecule has 0 saturated heterocycles. The molecule has 0 aliphatic heterocycles. The first-order chi connectivity index (χ1) is 9.20. The zero-order valence-corrected chi connectivity index (χ0v) is 11.7. The molecule has 0 fully saturated rings. The van der Waals surface area contributed by atoms with E-state index in [1.54, 1.807) is 19.1 Å². The van der Waals surface area contributed by atoms with E-state index in [0.29, 0.717) is 23.7 Å². The standard InChI is InChI=1S/C16H17FOS/c1-12-7-8-15(9-16(12)17)18-10-14(11-19)13-5-3-2-4-6-13/h2-9,14,19H,10-11H2,1H3. The molecule has 1 nitrogen and oxygen atoms in total. The average Bonchev–Trinajstić information content (AvgIpc) is 2.44. The summed E-state index contributed by atoms with van der Waals surface area (Å²) < 4.78 is 19.1. The third-order valence-electron chi connectivity index (χ3n) is 3.09. The molecule has 3 heteroatoms. The number of thiol groups is 1. The topological polar surface area (TPSA) is 9.23 Å². The highest BCUT2D eigenvalue weighted by Crippen LogP contribution is 2.21. The first-order valence-corrected chi connectivity index (χ1v) is 6.88. The molecule has 0 aliphatic rings. The maximum absolute atomic E-state index is 13.4. The van der Waals surface area contributed by atoms with Crippen LogP contribution in [-0.4, -0.2) is 12.4 Å². The molecule has 0 amide bonds. The Kier molecular flexibility index (Phi) is 4.86. The van der Waals surface area contributed by atoms with Crippen molar-refractivity contribution in [3.05, 3.63) is 65.5 Å². The van der Waals surface area contributed by atoms with Crippen LogP contribution in [0.1, 0.15) is 17.0 Å². The zero-order chi connectivity index (χ0) is 13.7. The van der Waals surface area contributed by atoms with Gasteiger partial charge in [0.1, 0.15) is 11.6 Å². The summed E-state index contributed by atoms with van der Waals surface area (Å²) in [6.45, 7) is 2.23. The van der Waals surface area contributed by atoms with Crippen LogP contribution in [0.5, 0.6) is 5.75 Å². The summed E-state index contributed by atoms with van der Waals surface area (Å²) in [7, 11) is 0. The number of benzene rings is 2. The summed E-state index contributed by atoms with van der Waals surface area (Å²) >= 11 is 4.36. The lowest BCUT2D eigenvalue weighted by Crippen LogP contribution is -2.12. The quantitative estimate of drug-likeness (QED) is 0.804. The number of rotatable bonds is 5. The maximum atomic E-state index is 13.4. The highest BCUT2D eigenvalue weighted by atomic mass is 32.1. The van der Waals surface area contributed by atoms with Gasteiger partial charge in [-0.1, -0.05) is 36.4 Å². The van der Waals surface area contributed by atoms with Crippen LogP contribution < -0.4 is 4.74 Å². The number of aryl methyl sites for hydroxylation is 1. The molecular formula is C16H17FOS. The second kappa shape index (κ2) is 6.62. The Labute approximate surface area is 118 Å². The van der Waals surface area contributed by atoms with Gasteiger partial charge in [-0.05, 0) is 24.1 Å². The summed E-state index contributed by atoms with van der Waals surface area (Å²) in [5.41, 5.74) is 1.81. The van der Waals surface area contributed by atoms with Gasteiger partial charge in [-0.15, -0.1) is 0 Å². The lowest BCUT2D eigenvalue weighted by atomic mass is 10.0. The van der Waals surface area contributed by atoms with Crippen LogP contribution in [0, 0.1) is 12.7 Å². The van der Waals surface area contributed by atoms with Crippen molar-refractivity contribution < 1.29 is 9.13 Å². The van der Waals surface area contributed by atoms with E-state index in [9.17, 15) is 4.39 Å². The van der Waals surface area contributed by atoms with E-state index >= 15 is 0 Å². The van der Waals surface area contributed by atoms with Crippen molar-refractivity contribution >= 4 is 12.6 Å². The van der Waals surface area contributed by atoms with E-state index in [4.69, 9.17) is 4.74 Å². The van der Waals surface area contributed by atoms with Crippen LogP contribution in [-0.2, 0) is 0 Å². The Morgan fingerprint density at radius 2 is 1.89 bits per heavy atom. The molecule has 2 aromatic rings. The highest BCUT2D eigenvalue weighted by molar-refractivity contribution is 7.80. The minimum absolute atomic E-state index is 0.203. The Balaban J connectivity index is 2.02. The molecule has 0 aliphatic carbocycles. The fourth-order valence-corrected chi connectivity index (χ4v) is 2.16. The van der Waals surface area contributed by atoms with Crippen molar-refractivity contribution in [1.29, 1.82) is 0 Å². The third kappa shape index (κ3) is 3.74. The smallest absolute Gasteiger partial charge is 0.129 e. The first kappa shape index (κ1) is 13.9. The van der Waals surface area contributed by atoms with Crippen molar-refractivity contribution in [2.24, 2.45) is 0 Å². The van der Waals surface area contributed by atoms with Gasteiger partial charge in [0, 0.05) is 17.7 Å². The zero-order valence-electron chi connectivity index (χ0n) is 10.8. The van der Waals surface area contributed by atoms with Crippen LogP contribution in [0.15, 0.2) is 48.5 Å². The minimum atomic E-state index is -0.236. The van der Waals surface area contributed by atoms with Gasteiger partial charge in [0.15, 0.2) is 0 Å². The van der Waals surface area contributed by atoms with E-state index in [0.717, 1.165) is 0 Å². The summed E-state index contributed by atoms with van der Waals surface area (Å²) in [4.78, 5) is 0. The number of hydrogen-bond acceptors (Lipinski definition) is 2. The van der Waals surface area contributed by atoms with Crippen molar-refractivity contribution in [1.82, 2.24) is 0 Å². The van der Waals surface area contributed by atoms with E-state index in [2.05, 4.69) is 24.8 Å². The van der Waals surface area contributed by atoms with Gasteiger partial charge in [0.25, 0.3) is 0 Å². The molecule has 1 unspecified atom stereocenters. The van der Waals surface area contributed by atoms with Gasteiger partial charge in [-0.2, -0.15) is 12.6 Å². The van der Waals surface area contributed by atoms with Crippen LogP contribution in [0.2, 0.25) is 0 Å². The second-order valence-corrected chi connectivity index (χ2v) is 4.88. The lowest BCUT2D eigenvalue weighted by Gasteiger charge is -2.16. The molecule has 100 valence electrons. The lowest BCUT2D eigenvalue weighted by molar-refractivity contribution is 0.296. The molecule has 2 aromatic carbocycles. The second-order valence-electron chi connectivity index (χ2n) is 4.51. The SMILES string of the molecule is Cc1ccc(OCC(CS)c2ccccc2)cc1F. The van der Waals surface area contributed by atoms with Gasteiger partial charge in [0.05, 0.1) is 6.61 Å². The molecule has 0 saturated carbocycles. The number of ether oxygens (including phenoxy) is 1. The fourth-order valence-electron chi connectivity index (χ4n) is 1.84. The molecule has 19 heavy (non-hydrogen) atoms. The fraction of sp³-hybridized carbons (Fsp3) is 0.250. The molecule has 0 N–H and O–H groups in total. The summed E-state index contributed by atoms with van der Waals surface area (Å²) in [6.07, 6.45) is 0. The Bertz CT molecular complexity index is 528. The molecule has 2 rings (SSSR count). The van der Waals surface area contributed by atoms with Gasteiger partial charge in [-0.25, -0.2) is 4.39 Å². The van der Waals surface area contributed by atoms with Crippen molar-refractivity contribution in [3.63, 3.8) is 0 Å². The predicted molar refractivity (Wildman–Crippen MR) is 79.7 cm³/mol.